The molecule has 0 radical (unpaired) electrons. The van der Waals surface area contributed by atoms with Gasteiger partial charge in [0.25, 0.3) is 0 Å². The summed E-state index contributed by atoms with van der Waals surface area (Å²) in [5, 5.41) is 42.7. The van der Waals surface area contributed by atoms with E-state index in [2.05, 4.69) is 28.6 Å². The molecule has 9 N–H and O–H groups in total. The largest absolute Gasteiger partial charge is 0.481 e. The first-order valence-corrected chi connectivity index (χ1v) is 9.08. The number of carbonyl (C=O) groups excluding carboxylic acids is 3. The van der Waals surface area contributed by atoms with Crippen LogP contribution in [0.25, 0.3) is 0 Å². The van der Waals surface area contributed by atoms with Crippen molar-refractivity contribution in [2.24, 2.45) is 5.73 Å². The van der Waals surface area contributed by atoms with E-state index in [-0.39, 0.29) is 12.2 Å². The maximum Gasteiger partial charge on any atom is 0.326 e. The van der Waals surface area contributed by atoms with Gasteiger partial charge in [-0.05, 0) is 13.3 Å². The summed E-state index contributed by atoms with van der Waals surface area (Å²) in [7, 11) is 0. The predicted molar refractivity (Wildman–Crippen MR) is 101 cm³/mol. The number of carboxylic acids is 2. The Bertz CT molecular complexity index is 617. The molecule has 14 heteroatoms. The third-order valence-corrected chi connectivity index (χ3v) is 4.04. The second kappa shape index (κ2) is 12.9. The number of hydrogen-bond donors (Lipinski definition) is 9. The number of thiol groups is 1. The number of aliphatic hydroxyl groups excluding tert-OH is 2. The highest BCUT2D eigenvalue weighted by atomic mass is 32.1. The smallest absolute Gasteiger partial charge is 0.326 e. The summed E-state index contributed by atoms with van der Waals surface area (Å²) in [5.41, 5.74) is 5.32. The van der Waals surface area contributed by atoms with Gasteiger partial charge in [0.05, 0.1) is 12.7 Å². The molecule has 0 aliphatic rings. The molecular weight excluding hydrogens is 412 g/mol. The third-order valence-electron chi connectivity index (χ3n) is 3.67. The van der Waals surface area contributed by atoms with Crippen LogP contribution >= 0.6 is 12.6 Å². The monoisotopic (exact) mass is 438 g/mol. The average molecular weight is 438 g/mol. The molecule has 5 atom stereocenters. The van der Waals surface area contributed by atoms with Crippen molar-refractivity contribution in [3.05, 3.63) is 0 Å². The quantitative estimate of drug-likeness (QED) is 0.127. The molecule has 3 amide bonds. The number of aliphatic carboxylic acids is 2. The van der Waals surface area contributed by atoms with Crippen LogP contribution in [0, 0.1) is 0 Å². The van der Waals surface area contributed by atoms with Gasteiger partial charge in [-0.15, -0.1) is 0 Å². The van der Waals surface area contributed by atoms with Gasteiger partial charge >= 0.3 is 11.9 Å². The Hall–Kier alpha value is -2.42. The van der Waals surface area contributed by atoms with Crippen molar-refractivity contribution >= 4 is 42.3 Å². The number of nitrogens with one attached hydrogen (secondary N) is 3. The Balaban J connectivity index is 5.12. The van der Waals surface area contributed by atoms with E-state index < -0.39 is 73.0 Å². The van der Waals surface area contributed by atoms with Crippen LogP contribution in [0.4, 0.5) is 0 Å². The van der Waals surface area contributed by atoms with Crippen molar-refractivity contribution in [2.45, 2.75) is 50.0 Å². The third kappa shape index (κ3) is 9.56. The molecule has 29 heavy (non-hydrogen) atoms. The van der Waals surface area contributed by atoms with Crippen LogP contribution in [0.2, 0.25) is 0 Å². The Morgan fingerprint density at radius 3 is 1.93 bits per heavy atom. The van der Waals surface area contributed by atoms with Crippen LogP contribution in [0.15, 0.2) is 0 Å². The predicted octanol–water partition coefficient (Wildman–Crippen LogP) is -3.98. The molecule has 13 nitrogen and oxygen atoms in total. The van der Waals surface area contributed by atoms with Crippen LogP contribution < -0.4 is 21.7 Å². The summed E-state index contributed by atoms with van der Waals surface area (Å²) in [5.74, 6) is -5.82. The SMILES string of the molecule is CC(O)C(NC(=O)C(N)CO)C(=O)NC(CS)C(=O)NC(CCC(=O)O)C(=O)O. The molecule has 0 saturated carbocycles. The minimum Gasteiger partial charge on any atom is -0.481 e. The van der Waals surface area contributed by atoms with Crippen molar-refractivity contribution in [3.8, 4) is 0 Å². The lowest BCUT2D eigenvalue weighted by Crippen LogP contribution is -2.60. The van der Waals surface area contributed by atoms with Crippen molar-refractivity contribution in [3.63, 3.8) is 0 Å². The lowest BCUT2D eigenvalue weighted by Gasteiger charge is -2.25. The first kappa shape index (κ1) is 26.6. The zero-order chi connectivity index (χ0) is 22.7. The molecule has 0 spiro atoms. The summed E-state index contributed by atoms with van der Waals surface area (Å²) in [4.78, 5) is 58.1. The highest BCUT2D eigenvalue weighted by Gasteiger charge is 2.31. The Morgan fingerprint density at radius 1 is 0.966 bits per heavy atom. The van der Waals surface area contributed by atoms with Crippen LogP contribution in [0.3, 0.4) is 0 Å². The van der Waals surface area contributed by atoms with Gasteiger partial charge in [-0.25, -0.2) is 4.79 Å². The molecule has 0 heterocycles. The first-order chi connectivity index (χ1) is 13.4. The fraction of sp³-hybridized carbons (Fsp3) is 0.667. The first-order valence-electron chi connectivity index (χ1n) is 8.45. The highest BCUT2D eigenvalue weighted by Crippen LogP contribution is 2.02. The van der Waals surface area contributed by atoms with Crippen molar-refractivity contribution in [1.29, 1.82) is 0 Å². The van der Waals surface area contributed by atoms with E-state index in [4.69, 9.17) is 21.1 Å². The topological polar surface area (TPSA) is 228 Å². The molecule has 0 bridgehead atoms. The lowest BCUT2D eigenvalue weighted by molar-refractivity contribution is -0.143. The number of nitrogens with two attached hydrogens (primary N) is 1. The number of carboxylic acid groups (broad SMARTS) is 2. The molecule has 0 aromatic heterocycles. The number of hydrogen-bond acceptors (Lipinski definition) is 9. The van der Waals surface area contributed by atoms with Crippen LogP contribution in [-0.4, -0.2) is 92.7 Å². The molecule has 0 aromatic rings. The molecule has 0 saturated heterocycles. The second-order valence-electron chi connectivity index (χ2n) is 6.09. The van der Waals surface area contributed by atoms with E-state index >= 15 is 0 Å². The van der Waals surface area contributed by atoms with Crippen molar-refractivity contribution in [1.82, 2.24) is 16.0 Å². The molecule has 0 aliphatic heterocycles. The van der Waals surface area contributed by atoms with Gasteiger partial charge < -0.3 is 42.1 Å². The maximum absolute atomic E-state index is 12.3. The van der Waals surface area contributed by atoms with Crippen LogP contribution in [-0.2, 0) is 24.0 Å². The van der Waals surface area contributed by atoms with E-state index in [0.29, 0.717) is 0 Å². The molecule has 5 unspecified atom stereocenters. The molecular formula is C15H26N4O9S. The average Bonchev–Trinajstić information content (AvgIpc) is 2.65. The summed E-state index contributed by atoms with van der Waals surface area (Å²) in [6, 6.07) is -5.70. The maximum atomic E-state index is 12.3. The summed E-state index contributed by atoms with van der Waals surface area (Å²) in [6.07, 6.45) is -2.28. The molecule has 0 rings (SSSR count). The zero-order valence-corrected chi connectivity index (χ0v) is 16.5. The van der Waals surface area contributed by atoms with Crippen molar-refractivity contribution < 1.29 is 44.4 Å². The molecule has 0 aromatic carbocycles. The van der Waals surface area contributed by atoms with Gasteiger partial charge in [0.15, 0.2) is 0 Å². The minimum atomic E-state index is -1.52. The fourth-order valence-electron chi connectivity index (χ4n) is 2.00. The Labute approximate surface area is 171 Å². The summed E-state index contributed by atoms with van der Waals surface area (Å²) in [6.45, 7) is 0.492. The zero-order valence-electron chi connectivity index (χ0n) is 15.6. The molecule has 0 fully saturated rings. The fourth-order valence-corrected chi connectivity index (χ4v) is 2.26. The van der Waals surface area contributed by atoms with Crippen LogP contribution in [0.5, 0.6) is 0 Å². The van der Waals surface area contributed by atoms with E-state index in [1.165, 1.54) is 6.92 Å². The van der Waals surface area contributed by atoms with Gasteiger partial charge in [0.1, 0.15) is 24.2 Å². The normalized spacial score (nSPS) is 15.9. The minimum absolute atomic E-state index is 0.264. The Morgan fingerprint density at radius 2 is 1.52 bits per heavy atom. The van der Waals surface area contributed by atoms with Gasteiger partial charge in [-0.1, -0.05) is 0 Å². The molecule has 166 valence electrons. The number of amides is 3. The van der Waals surface area contributed by atoms with E-state index in [0.717, 1.165) is 0 Å². The summed E-state index contributed by atoms with van der Waals surface area (Å²) >= 11 is 3.91. The van der Waals surface area contributed by atoms with Gasteiger partial charge in [-0.2, -0.15) is 12.6 Å². The van der Waals surface area contributed by atoms with Crippen LogP contribution in [0.1, 0.15) is 19.8 Å². The van der Waals surface area contributed by atoms with E-state index in [1.807, 2.05) is 0 Å². The standard InChI is InChI=1S/C15H26N4O9S/c1-6(21)11(19-12(24)7(16)4-20)14(26)18-9(5-29)13(25)17-8(15(27)28)2-3-10(22)23/h6-9,11,20-21,29H,2-5,16H2,1H3,(H,17,25)(H,18,26)(H,19,24)(H,22,23)(H,27,28). The lowest BCUT2D eigenvalue weighted by atomic mass is 10.1. The number of aliphatic hydroxyl groups is 2. The van der Waals surface area contributed by atoms with E-state index in [9.17, 15) is 29.1 Å². The van der Waals surface area contributed by atoms with Crippen molar-refractivity contribution in [2.75, 3.05) is 12.4 Å². The summed E-state index contributed by atoms with van der Waals surface area (Å²) < 4.78 is 0. The Kier molecular flexibility index (Phi) is 11.8. The number of carbonyl (C=O) groups is 5. The second-order valence-corrected chi connectivity index (χ2v) is 6.46. The van der Waals surface area contributed by atoms with Gasteiger partial charge in [0, 0.05) is 12.2 Å². The van der Waals surface area contributed by atoms with Gasteiger partial charge in [0.2, 0.25) is 17.7 Å². The van der Waals surface area contributed by atoms with E-state index in [1.54, 1.807) is 0 Å². The molecule has 0 aliphatic carbocycles. The highest BCUT2D eigenvalue weighted by molar-refractivity contribution is 7.80. The van der Waals surface area contributed by atoms with Gasteiger partial charge in [-0.3, -0.25) is 19.2 Å². The number of rotatable bonds is 13.